The van der Waals surface area contributed by atoms with Gasteiger partial charge in [-0.3, -0.25) is 9.59 Å². The molecule has 2 aromatic carbocycles. The highest BCUT2D eigenvalue weighted by Crippen LogP contribution is 2.34. The maximum atomic E-state index is 12.5. The number of thioether (sulfide) groups is 1. The van der Waals surface area contributed by atoms with Crippen LogP contribution in [0.25, 0.3) is 0 Å². The second-order valence-corrected chi connectivity index (χ2v) is 8.95. The summed E-state index contributed by atoms with van der Waals surface area (Å²) in [5, 5.41) is 3.03. The monoisotopic (exact) mass is 431 g/mol. The number of Topliss-reactive ketones (excluding diaryl/α,β-unsaturated/α-hetero) is 1. The minimum Gasteiger partial charge on any atom is -0.325 e. The van der Waals surface area contributed by atoms with E-state index in [-0.39, 0.29) is 27.5 Å². The van der Waals surface area contributed by atoms with Gasteiger partial charge in [0.15, 0.2) is 11.0 Å². The van der Waals surface area contributed by atoms with Crippen LogP contribution in [0.2, 0.25) is 0 Å². The summed E-state index contributed by atoms with van der Waals surface area (Å²) < 4.78 is 28.9. The van der Waals surface area contributed by atoms with E-state index in [9.17, 15) is 18.0 Å². The Morgan fingerprint density at radius 1 is 1.10 bits per heavy atom. The number of hydrogen-bond acceptors (Lipinski definition) is 6. The first-order valence-electron chi connectivity index (χ1n) is 9.07. The number of hydrogen-bond donors (Lipinski definition) is 1. The first-order chi connectivity index (χ1) is 13.8. The van der Waals surface area contributed by atoms with E-state index in [0.717, 1.165) is 18.2 Å². The van der Waals surface area contributed by atoms with Gasteiger partial charge in [-0.25, -0.2) is 0 Å². The molecule has 0 saturated heterocycles. The molecule has 0 fully saturated rings. The van der Waals surface area contributed by atoms with Gasteiger partial charge >= 0.3 is 0 Å². The van der Waals surface area contributed by atoms with E-state index in [1.54, 1.807) is 42.5 Å². The molecule has 1 N–H and O–H groups in total. The number of rotatable bonds is 6. The van der Waals surface area contributed by atoms with Crippen LogP contribution in [0.4, 0.5) is 11.4 Å². The molecule has 1 aliphatic rings. The zero-order valence-corrected chi connectivity index (χ0v) is 17.7. The Kier molecular flexibility index (Phi) is 6.39. The second kappa shape index (κ2) is 8.79. The lowest BCUT2D eigenvalue weighted by molar-refractivity contribution is -0.113. The molecule has 3 rings (SSSR count). The summed E-state index contributed by atoms with van der Waals surface area (Å²) in [5.41, 5.74) is 1.70. The number of nitrogens with one attached hydrogen (secondary N) is 1. The summed E-state index contributed by atoms with van der Waals surface area (Å²) in [6, 6.07) is 13.3. The number of benzene rings is 2. The number of fused-ring (bicyclic) bond motifs is 1. The number of carbonyl (C=O) groups is 2. The van der Waals surface area contributed by atoms with Crippen LogP contribution >= 0.6 is 11.8 Å². The SMILES string of the molecule is CCCN1C(SCC(=O)Nc2ccc(C(C)=O)cc2)=NS(=O)(=O)c2ccccc21. The van der Waals surface area contributed by atoms with Crippen molar-refractivity contribution in [3.05, 3.63) is 54.1 Å². The zero-order valence-electron chi connectivity index (χ0n) is 16.1. The Hall–Kier alpha value is -2.65. The third-order valence-electron chi connectivity index (χ3n) is 4.22. The molecule has 1 heterocycles. The number of amides is 1. The Morgan fingerprint density at radius 3 is 2.45 bits per heavy atom. The van der Waals surface area contributed by atoms with Crippen LogP contribution in [0.5, 0.6) is 0 Å². The Labute approximate surface area is 174 Å². The zero-order chi connectivity index (χ0) is 21.0. The van der Waals surface area contributed by atoms with E-state index in [0.29, 0.717) is 23.5 Å². The maximum absolute atomic E-state index is 12.5. The average Bonchev–Trinajstić information content (AvgIpc) is 2.69. The van der Waals surface area contributed by atoms with Crippen molar-refractivity contribution in [2.75, 3.05) is 22.5 Å². The summed E-state index contributed by atoms with van der Waals surface area (Å²) >= 11 is 1.08. The molecule has 0 radical (unpaired) electrons. The lowest BCUT2D eigenvalue weighted by Gasteiger charge is -2.29. The van der Waals surface area contributed by atoms with Crippen molar-refractivity contribution in [3.63, 3.8) is 0 Å². The van der Waals surface area contributed by atoms with Crippen molar-refractivity contribution in [1.82, 2.24) is 0 Å². The number of ketones is 1. The molecule has 0 saturated carbocycles. The Balaban J connectivity index is 1.72. The highest BCUT2D eigenvalue weighted by Gasteiger charge is 2.30. The van der Waals surface area contributed by atoms with Gasteiger partial charge in [-0.2, -0.15) is 8.42 Å². The van der Waals surface area contributed by atoms with Gasteiger partial charge in [-0.15, -0.1) is 4.40 Å². The van der Waals surface area contributed by atoms with Crippen LogP contribution in [0.3, 0.4) is 0 Å². The van der Waals surface area contributed by atoms with Crippen molar-refractivity contribution in [3.8, 4) is 0 Å². The standard InChI is InChI=1S/C20H21N3O4S2/c1-3-12-23-17-6-4-5-7-18(17)29(26,27)22-20(23)28-13-19(25)21-16-10-8-15(9-11-16)14(2)24/h4-11H,3,12-13H2,1-2H3,(H,21,25). The molecule has 0 aliphatic carbocycles. The van der Waals surface area contributed by atoms with Crippen LogP contribution in [0.1, 0.15) is 30.6 Å². The fourth-order valence-corrected chi connectivity index (χ4v) is 5.14. The number of amidine groups is 1. The second-order valence-electron chi connectivity index (χ2n) is 6.44. The van der Waals surface area contributed by atoms with Gasteiger partial charge in [0.05, 0.1) is 11.4 Å². The van der Waals surface area contributed by atoms with Gasteiger partial charge < -0.3 is 10.2 Å². The molecule has 2 aromatic rings. The highest BCUT2D eigenvalue weighted by molar-refractivity contribution is 8.15. The molecule has 1 amide bonds. The van der Waals surface area contributed by atoms with Crippen molar-refractivity contribution in [1.29, 1.82) is 0 Å². The summed E-state index contributed by atoms with van der Waals surface area (Å²) in [7, 11) is -3.80. The first-order valence-corrected chi connectivity index (χ1v) is 11.5. The van der Waals surface area contributed by atoms with Crippen LogP contribution in [0.15, 0.2) is 57.8 Å². The normalized spacial score (nSPS) is 14.7. The minimum atomic E-state index is -3.80. The third-order valence-corrected chi connectivity index (χ3v) is 6.62. The molecule has 9 heteroatoms. The fourth-order valence-electron chi connectivity index (χ4n) is 2.86. The van der Waals surface area contributed by atoms with E-state index in [4.69, 9.17) is 0 Å². The van der Waals surface area contributed by atoms with Gasteiger partial charge in [-0.05, 0) is 49.7 Å². The first kappa shape index (κ1) is 21.1. The number of nitrogens with zero attached hydrogens (tertiary/aromatic N) is 2. The molecule has 0 atom stereocenters. The molecular weight excluding hydrogens is 410 g/mol. The molecule has 0 bridgehead atoms. The molecule has 0 aromatic heterocycles. The number of sulfonamides is 1. The number of para-hydroxylation sites is 1. The van der Waals surface area contributed by atoms with Gasteiger partial charge in [-0.1, -0.05) is 30.8 Å². The predicted molar refractivity (Wildman–Crippen MR) is 116 cm³/mol. The van der Waals surface area contributed by atoms with Crippen LogP contribution in [0, 0.1) is 0 Å². The molecule has 0 spiro atoms. The molecule has 0 unspecified atom stereocenters. The van der Waals surface area contributed by atoms with Crippen LogP contribution < -0.4 is 10.2 Å². The summed E-state index contributed by atoms with van der Waals surface area (Å²) in [5.74, 6) is -0.335. The van der Waals surface area contributed by atoms with Crippen molar-refractivity contribution in [2.24, 2.45) is 4.40 Å². The number of carbonyl (C=O) groups excluding carboxylic acids is 2. The predicted octanol–water partition coefficient (Wildman–Crippen LogP) is 3.54. The van der Waals surface area contributed by atoms with E-state index in [1.807, 2.05) is 11.8 Å². The van der Waals surface area contributed by atoms with Gasteiger partial charge in [0.2, 0.25) is 5.91 Å². The third kappa shape index (κ3) is 4.86. The highest BCUT2D eigenvalue weighted by atomic mass is 32.2. The fraction of sp³-hybridized carbons (Fsp3) is 0.250. The molecule has 1 aliphatic heterocycles. The Bertz CT molecular complexity index is 1060. The van der Waals surface area contributed by atoms with Crippen molar-refractivity contribution < 1.29 is 18.0 Å². The molecule has 29 heavy (non-hydrogen) atoms. The summed E-state index contributed by atoms with van der Waals surface area (Å²) in [6.45, 7) is 4.06. The molecular formula is C20H21N3O4S2. The maximum Gasteiger partial charge on any atom is 0.286 e. The smallest absolute Gasteiger partial charge is 0.286 e. The molecule has 152 valence electrons. The Morgan fingerprint density at radius 2 is 1.79 bits per heavy atom. The van der Waals surface area contributed by atoms with E-state index >= 15 is 0 Å². The molecule has 7 nitrogen and oxygen atoms in total. The van der Waals surface area contributed by atoms with Crippen LogP contribution in [-0.2, 0) is 14.8 Å². The topological polar surface area (TPSA) is 95.9 Å². The summed E-state index contributed by atoms with van der Waals surface area (Å²) in [6.07, 6.45) is 0.794. The van der Waals surface area contributed by atoms with E-state index in [2.05, 4.69) is 9.71 Å². The lowest BCUT2D eigenvalue weighted by atomic mass is 10.1. The number of anilines is 2. The lowest BCUT2D eigenvalue weighted by Crippen LogP contribution is -2.35. The average molecular weight is 432 g/mol. The van der Waals surface area contributed by atoms with Gasteiger partial charge in [0.1, 0.15) is 4.90 Å². The van der Waals surface area contributed by atoms with Crippen molar-refractivity contribution >= 4 is 50.0 Å². The van der Waals surface area contributed by atoms with E-state index in [1.165, 1.54) is 13.0 Å². The largest absolute Gasteiger partial charge is 0.325 e. The van der Waals surface area contributed by atoms with Gasteiger partial charge in [0.25, 0.3) is 10.0 Å². The summed E-state index contributed by atoms with van der Waals surface area (Å²) in [4.78, 5) is 25.6. The van der Waals surface area contributed by atoms with Gasteiger partial charge in [0, 0.05) is 17.8 Å². The van der Waals surface area contributed by atoms with Crippen molar-refractivity contribution in [2.45, 2.75) is 25.2 Å². The van der Waals surface area contributed by atoms with Crippen LogP contribution in [-0.4, -0.2) is 37.6 Å². The van der Waals surface area contributed by atoms with E-state index < -0.39 is 10.0 Å². The minimum absolute atomic E-state index is 0.00515. The quantitative estimate of drug-likeness (QED) is 0.703.